The van der Waals surface area contributed by atoms with Crippen molar-refractivity contribution in [2.45, 2.75) is 13.8 Å². The summed E-state index contributed by atoms with van der Waals surface area (Å²) in [5.74, 6) is 0.419. The van der Waals surface area contributed by atoms with Crippen LogP contribution in [0.4, 0.5) is 0 Å². The van der Waals surface area contributed by atoms with Gasteiger partial charge in [0.1, 0.15) is 18.2 Å². The summed E-state index contributed by atoms with van der Waals surface area (Å²) < 4.78 is 10.5. The van der Waals surface area contributed by atoms with Gasteiger partial charge in [0.15, 0.2) is 5.89 Å². The van der Waals surface area contributed by atoms with Gasteiger partial charge in [-0.3, -0.25) is 4.79 Å². The Hall–Kier alpha value is -2.89. The highest BCUT2D eigenvalue weighted by Crippen LogP contribution is 2.31. The minimum absolute atomic E-state index is 0.358. The lowest BCUT2D eigenvalue weighted by molar-refractivity contribution is 0.100. The van der Waals surface area contributed by atoms with Crippen LogP contribution >= 0.6 is 0 Å². The van der Waals surface area contributed by atoms with E-state index in [1.54, 1.807) is 19.2 Å². The number of primary amides is 1. The van der Waals surface area contributed by atoms with Crippen molar-refractivity contribution in [1.82, 2.24) is 9.97 Å². The number of nitrogens with two attached hydrogens (primary N) is 1. The molecule has 0 bridgehead atoms. The molecular weight excluding hydrogens is 270 g/mol. The molecule has 0 spiro atoms. The Morgan fingerprint density at radius 2 is 2.05 bits per heavy atom. The molecule has 3 rings (SSSR count). The fourth-order valence-electron chi connectivity index (χ4n) is 2.29. The summed E-state index contributed by atoms with van der Waals surface area (Å²) in [5.41, 5.74) is 8.63. The fraction of sp³-hybridized carbons (Fsp3) is 0.133. The molecule has 0 aliphatic heterocycles. The largest absolute Gasteiger partial charge is 0.449 e. The Bertz CT molecular complexity index is 804. The number of hydrogen-bond acceptors (Lipinski definition) is 5. The van der Waals surface area contributed by atoms with Crippen LogP contribution in [0, 0.1) is 13.8 Å². The molecule has 0 unspecified atom stereocenters. The van der Waals surface area contributed by atoms with Gasteiger partial charge >= 0.3 is 0 Å². The number of hydrogen-bond donors (Lipinski definition) is 1. The fourth-order valence-corrected chi connectivity index (χ4v) is 2.29. The Morgan fingerprint density at radius 3 is 2.62 bits per heavy atom. The van der Waals surface area contributed by atoms with Crippen molar-refractivity contribution in [2.24, 2.45) is 5.73 Å². The van der Waals surface area contributed by atoms with Crippen molar-refractivity contribution >= 4 is 5.91 Å². The molecule has 1 amide bonds. The smallest absolute Gasteiger partial charge is 0.249 e. The number of aryl methyl sites for hydroxylation is 2. The molecule has 0 aliphatic carbocycles. The number of amides is 1. The predicted molar refractivity (Wildman–Crippen MR) is 75.4 cm³/mol. The molecule has 0 aliphatic rings. The standard InChI is InChI=1S/C15H13N3O3/c1-8-5-10(15-17-3-4-20-15)6-11(14(16)19)13(8)12-7-21-9(2)18-12/h3-7H,1-2H3,(H2,16,19). The molecule has 0 radical (unpaired) electrons. The molecule has 0 atom stereocenters. The normalized spacial score (nSPS) is 10.8. The molecule has 6 nitrogen and oxygen atoms in total. The van der Waals surface area contributed by atoms with E-state index < -0.39 is 5.91 Å². The topological polar surface area (TPSA) is 95.1 Å². The third-order valence-corrected chi connectivity index (χ3v) is 3.16. The van der Waals surface area contributed by atoms with Gasteiger partial charge in [-0.25, -0.2) is 9.97 Å². The summed E-state index contributed by atoms with van der Waals surface area (Å²) in [6.45, 7) is 3.61. The van der Waals surface area contributed by atoms with E-state index in [2.05, 4.69) is 9.97 Å². The van der Waals surface area contributed by atoms with Crippen LogP contribution in [-0.4, -0.2) is 15.9 Å². The zero-order valence-corrected chi connectivity index (χ0v) is 11.6. The van der Waals surface area contributed by atoms with E-state index in [4.69, 9.17) is 14.6 Å². The third-order valence-electron chi connectivity index (χ3n) is 3.16. The number of aromatic nitrogens is 2. The minimum atomic E-state index is -0.540. The molecule has 2 heterocycles. The monoisotopic (exact) mass is 283 g/mol. The van der Waals surface area contributed by atoms with E-state index in [0.717, 1.165) is 5.56 Å². The maximum Gasteiger partial charge on any atom is 0.249 e. The van der Waals surface area contributed by atoms with Crippen molar-refractivity contribution in [1.29, 1.82) is 0 Å². The first kappa shape index (κ1) is 13.1. The number of carbonyl (C=O) groups excluding carboxylic acids is 1. The molecule has 2 aromatic heterocycles. The molecule has 0 saturated carbocycles. The van der Waals surface area contributed by atoms with Gasteiger partial charge in [-0.15, -0.1) is 0 Å². The Kier molecular flexibility index (Phi) is 3.06. The third kappa shape index (κ3) is 2.31. The molecule has 21 heavy (non-hydrogen) atoms. The highest BCUT2D eigenvalue weighted by Gasteiger charge is 2.18. The van der Waals surface area contributed by atoms with Crippen molar-refractivity contribution in [2.75, 3.05) is 0 Å². The number of benzene rings is 1. The van der Waals surface area contributed by atoms with Crippen LogP contribution < -0.4 is 5.73 Å². The quantitative estimate of drug-likeness (QED) is 0.797. The van der Waals surface area contributed by atoms with E-state index in [1.807, 2.05) is 13.0 Å². The van der Waals surface area contributed by atoms with Crippen LogP contribution in [0.25, 0.3) is 22.7 Å². The van der Waals surface area contributed by atoms with E-state index in [9.17, 15) is 4.79 Å². The van der Waals surface area contributed by atoms with Crippen LogP contribution in [0.5, 0.6) is 0 Å². The average Bonchev–Trinajstić information content (AvgIpc) is 3.08. The van der Waals surface area contributed by atoms with Crippen molar-refractivity contribution in [3.05, 3.63) is 47.9 Å². The molecule has 106 valence electrons. The number of rotatable bonds is 3. The Balaban J connectivity index is 2.23. The van der Waals surface area contributed by atoms with Crippen molar-refractivity contribution in [3.8, 4) is 22.7 Å². The molecular formula is C15H13N3O3. The van der Waals surface area contributed by atoms with Crippen LogP contribution in [0.15, 0.2) is 39.7 Å². The van der Waals surface area contributed by atoms with E-state index in [1.165, 1.54) is 12.5 Å². The van der Waals surface area contributed by atoms with Crippen molar-refractivity contribution < 1.29 is 13.6 Å². The summed E-state index contributed by atoms with van der Waals surface area (Å²) in [5, 5.41) is 0. The number of nitrogens with zero attached hydrogens (tertiary/aromatic N) is 2. The van der Waals surface area contributed by atoms with Gasteiger partial charge in [0.25, 0.3) is 0 Å². The van der Waals surface area contributed by atoms with Gasteiger partial charge in [0.2, 0.25) is 11.8 Å². The number of oxazole rings is 2. The maximum absolute atomic E-state index is 11.8. The molecule has 3 aromatic rings. The molecule has 6 heteroatoms. The summed E-state index contributed by atoms with van der Waals surface area (Å²) in [7, 11) is 0. The van der Waals surface area contributed by atoms with Gasteiger partial charge < -0.3 is 14.6 Å². The van der Waals surface area contributed by atoms with Gasteiger partial charge in [-0.05, 0) is 24.6 Å². The minimum Gasteiger partial charge on any atom is -0.449 e. The first-order valence-corrected chi connectivity index (χ1v) is 6.33. The summed E-state index contributed by atoms with van der Waals surface area (Å²) in [6.07, 6.45) is 4.53. The van der Waals surface area contributed by atoms with Gasteiger partial charge in [0.05, 0.1) is 6.20 Å². The van der Waals surface area contributed by atoms with Crippen molar-refractivity contribution in [3.63, 3.8) is 0 Å². The number of carbonyl (C=O) groups is 1. The van der Waals surface area contributed by atoms with Gasteiger partial charge in [0, 0.05) is 23.6 Å². The highest BCUT2D eigenvalue weighted by molar-refractivity contribution is 6.01. The lowest BCUT2D eigenvalue weighted by Gasteiger charge is -2.10. The van der Waals surface area contributed by atoms with Gasteiger partial charge in [-0.1, -0.05) is 0 Å². The second-order valence-corrected chi connectivity index (χ2v) is 4.67. The molecule has 1 aromatic carbocycles. The lowest BCUT2D eigenvalue weighted by Crippen LogP contribution is -2.13. The second-order valence-electron chi connectivity index (χ2n) is 4.67. The van der Waals surface area contributed by atoms with E-state index in [0.29, 0.717) is 34.2 Å². The van der Waals surface area contributed by atoms with Crippen LogP contribution in [0.2, 0.25) is 0 Å². The maximum atomic E-state index is 11.8. The summed E-state index contributed by atoms with van der Waals surface area (Å²) in [6, 6.07) is 3.53. The van der Waals surface area contributed by atoms with Crippen LogP contribution in [-0.2, 0) is 0 Å². The summed E-state index contributed by atoms with van der Waals surface area (Å²) >= 11 is 0. The second kappa shape index (κ2) is 4.90. The lowest BCUT2D eigenvalue weighted by atomic mass is 9.96. The van der Waals surface area contributed by atoms with Crippen LogP contribution in [0.3, 0.4) is 0 Å². The molecule has 0 saturated heterocycles. The van der Waals surface area contributed by atoms with E-state index in [-0.39, 0.29) is 0 Å². The van der Waals surface area contributed by atoms with Gasteiger partial charge in [-0.2, -0.15) is 0 Å². The Labute approximate surface area is 120 Å². The Morgan fingerprint density at radius 1 is 1.24 bits per heavy atom. The SMILES string of the molecule is Cc1nc(-c2c(C)cc(-c3ncco3)cc2C(N)=O)co1. The first-order valence-electron chi connectivity index (χ1n) is 6.33. The first-order chi connectivity index (χ1) is 10.1. The predicted octanol–water partition coefficient (Wildman–Crippen LogP) is 2.71. The molecule has 2 N–H and O–H groups in total. The van der Waals surface area contributed by atoms with Crippen LogP contribution in [0.1, 0.15) is 21.8 Å². The van der Waals surface area contributed by atoms with E-state index >= 15 is 0 Å². The summed E-state index contributed by atoms with van der Waals surface area (Å²) in [4.78, 5) is 20.1. The molecule has 0 fully saturated rings. The average molecular weight is 283 g/mol. The highest BCUT2D eigenvalue weighted by atomic mass is 16.3. The zero-order chi connectivity index (χ0) is 15.0. The zero-order valence-electron chi connectivity index (χ0n) is 11.6.